The van der Waals surface area contributed by atoms with Crippen molar-refractivity contribution in [2.75, 3.05) is 6.61 Å². The molecule has 2 heterocycles. The molecule has 0 bridgehead atoms. The highest BCUT2D eigenvalue weighted by Crippen LogP contribution is 2.42. The number of nitrogens with zero attached hydrogens (tertiary/aromatic N) is 2. The van der Waals surface area contributed by atoms with Gasteiger partial charge in [-0.25, -0.2) is 5.32 Å². The van der Waals surface area contributed by atoms with E-state index in [1.54, 1.807) is 0 Å². The van der Waals surface area contributed by atoms with Gasteiger partial charge in [-0.2, -0.15) is 4.79 Å². The van der Waals surface area contributed by atoms with Crippen LogP contribution in [0, 0.1) is 6.92 Å². The van der Waals surface area contributed by atoms with Crippen molar-refractivity contribution in [2.45, 2.75) is 19.0 Å². The lowest BCUT2D eigenvalue weighted by molar-refractivity contribution is -0.404. The first-order valence-corrected chi connectivity index (χ1v) is 8.20. The predicted octanol–water partition coefficient (Wildman–Crippen LogP) is 4.75. The molecule has 2 aliphatic heterocycles. The number of benzene rings is 2. The summed E-state index contributed by atoms with van der Waals surface area (Å²) in [5.74, 6) is 0.796. The van der Waals surface area contributed by atoms with Gasteiger partial charge in [-0.15, -0.1) is 0 Å². The molecule has 1 N–H and O–H groups in total. The van der Waals surface area contributed by atoms with Crippen molar-refractivity contribution in [3.8, 4) is 5.75 Å². The molecule has 1 unspecified atom stereocenters. The summed E-state index contributed by atoms with van der Waals surface area (Å²) < 4.78 is 46.2. The van der Waals surface area contributed by atoms with E-state index in [0.29, 0.717) is 13.0 Å². The Morgan fingerprint density at radius 2 is 1.78 bits per heavy atom. The van der Waals surface area contributed by atoms with Gasteiger partial charge < -0.3 is 22.0 Å². The Kier molecular flexibility index (Phi) is 4.90. The molecule has 142 valence electrons. The summed E-state index contributed by atoms with van der Waals surface area (Å²) in [6, 6.07) is 15.2. The van der Waals surface area contributed by atoms with E-state index >= 15 is 0 Å². The number of amides is 2. The van der Waals surface area contributed by atoms with Crippen LogP contribution in [0.1, 0.15) is 17.5 Å². The predicted molar refractivity (Wildman–Crippen MR) is 90.5 cm³/mol. The number of fused-ring (bicyclic) bond motifs is 2. The van der Waals surface area contributed by atoms with Gasteiger partial charge in [0, 0.05) is 0 Å². The minimum atomic E-state index is -6.00. The van der Waals surface area contributed by atoms with E-state index in [2.05, 4.69) is 5.32 Å². The fraction of sp³-hybridized carbons (Fsp3) is 0.235. The fourth-order valence-electron chi connectivity index (χ4n) is 3.16. The molecule has 5 nitrogen and oxygen atoms in total. The minimum Gasteiger partial charge on any atom is -0.493 e. The normalized spacial score (nSPS) is 20.8. The van der Waals surface area contributed by atoms with Crippen molar-refractivity contribution in [1.82, 2.24) is 5.32 Å². The molecule has 1 spiro atoms. The van der Waals surface area contributed by atoms with Crippen molar-refractivity contribution in [3.63, 3.8) is 0 Å². The second kappa shape index (κ2) is 7.01. The molecule has 27 heavy (non-hydrogen) atoms. The van der Waals surface area contributed by atoms with E-state index in [0.717, 1.165) is 22.6 Å². The van der Waals surface area contributed by atoms with Crippen LogP contribution in [0.5, 0.6) is 5.75 Å². The van der Waals surface area contributed by atoms with Gasteiger partial charge >= 0.3 is 13.3 Å². The molecular formula is C17H16BF4N3O2. The van der Waals surface area contributed by atoms with Crippen molar-refractivity contribution >= 4 is 19.0 Å². The molecule has 0 radical (unpaired) electrons. The third-order valence-electron chi connectivity index (χ3n) is 4.15. The zero-order valence-corrected chi connectivity index (χ0v) is 14.3. The van der Waals surface area contributed by atoms with Crippen LogP contribution in [0.2, 0.25) is 0 Å². The number of azo groups is 2. The molecule has 0 saturated carbocycles. The number of hydrogen-bond acceptors (Lipinski definition) is 3. The van der Waals surface area contributed by atoms with Crippen molar-refractivity contribution in [2.24, 2.45) is 5.11 Å². The Morgan fingerprint density at radius 3 is 2.44 bits per heavy atom. The summed E-state index contributed by atoms with van der Waals surface area (Å²) in [7, 11) is -6.00. The first kappa shape index (κ1) is 18.9. The Balaban J connectivity index is 0.000000376. The van der Waals surface area contributed by atoms with Gasteiger partial charge in [-0.3, -0.25) is 0 Å². The maximum absolute atomic E-state index is 12.4. The average Bonchev–Trinajstić information content (AvgIpc) is 2.91. The molecule has 10 heteroatoms. The largest absolute Gasteiger partial charge is 0.673 e. The van der Waals surface area contributed by atoms with E-state index in [1.807, 2.05) is 55.5 Å². The Morgan fingerprint density at radius 1 is 1.11 bits per heavy atom. The SMILES string of the molecule is Cc1cccc2c1C1(CCO2)N=[N+](c2ccccc2)C(=O)N1.F[B-](F)(F)F. The second-order valence-electron chi connectivity index (χ2n) is 6.08. The van der Waals surface area contributed by atoms with Gasteiger partial charge in [0.05, 0.1) is 18.6 Å². The molecule has 0 aromatic heterocycles. The standard InChI is InChI=1S/C17H15N3O2.BF4/c1-12-6-5-9-14-15(12)17(10-11-22-14)18-16(21)20(19-17)13-7-3-2-4-8-13;2-1(3,4)5/h2-9H,10-11H2,1H3;/q;-1/p+1. The molecule has 4 rings (SSSR count). The monoisotopic (exact) mass is 381 g/mol. The highest BCUT2D eigenvalue weighted by molar-refractivity contribution is 6.50. The number of nitrogens with one attached hydrogen (secondary N) is 1. The van der Waals surface area contributed by atoms with Crippen LogP contribution in [0.15, 0.2) is 53.6 Å². The van der Waals surface area contributed by atoms with Gasteiger partial charge in [0.1, 0.15) is 5.75 Å². The van der Waals surface area contributed by atoms with E-state index in [-0.39, 0.29) is 6.03 Å². The zero-order valence-electron chi connectivity index (χ0n) is 14.3. The Hall–Kier alpha value is -2.91. The van der Waals surface area contributed by atoms with Crippen LogP contribution < -0.4 is 10.1 Å². The van der Waals surface area contributed by atoms with E-state index < -0.39 is 12.9 Å². The lowest BCUT2D eigenvalue weighted by Gasteiger charge is -2.28. The molecule has 2 aromatic carbocycles. The highest BCUT2D eigenvalue weighted by Gasteiger charge is 2.53. The first-order valence-electron chi connectivity index (χ1n) is 8.20. The van der Waals surface area contributed by atoms with E-state index in [1.165, 1.54) is 4.70 Å². The Bertz CT molecular complexity index is 883. The van der Waals surface area contributed by atoms with Crippen molar-refractivity contribution in [1.29, 1.82) is 0 Å². The number of carbonyl (C=O) groups excluding carboxylic acids is 1. The number of urea groups is 1. The van der Waals surface area contributed by atoms with Crippen LogP contribution >= 0.6 is 0 Å². The summed E-state index contributed by atoms with van der Waals surface area (Å²) in [4.78, 5) is 12.4. The van der Waals surface area contributed by atoms with Crippen LogP contribution in [0.4, 0.5) is 27.7 Å². The van der Waals surface area contributed by atoms with Crippen LogP contribution in [-0.4, -0.2) is 24.6 Å². The maximum atomic E-state index is 12.4. The summed E-state index contributed by atoms with van der Waals surface area (Å²) in [6.07, 6.45) is 0.625. The first-order chi connectivity index (χ1) is 12.7. The quantitative estimate of drug-likeness (QED) is 0.440. The third-order valence-corrected chi connectivity index (χ3v) is 4.15. The number of para-hydroxylation sites is 1. The lowest BCUT2D eigenvalue weighted by Crippen LogP contribution is -2.43. The molecule has 0 aliphatic carbocycles. The number of ether oxygens (including phenoxy) is 1. The smallest absolute Gasteiger partial charge is 0.493 e. The van der Waals surface area contributed by atoms with Crippen LogP contribution in [-0.2, 0) is 5.66 Å². The van der Waals surface area contributed by atoms with E-state index in [9.17, 15) is 22.1 Å². The van der Waals surface area contributed by atoms with Gasteiger partial charge in [0.25, 0.3) is 5.66 Å². The zero-order chi connectivity index (χ0) is 19.7. The van der Waals surface area contributed by atoms with Gasteiger partial charge in [-0.1, -0.05) is 40.1 Å². The second-order valence-corrected chi connectivity index (χ2v) is 6.08. The number of carbonyl (C=O) groups is 1. The van der Waals surface area contributed by atoms with E-state index in [4.69, 9.17) is 9.85 Å². The fourth-order valence-corrected chi connectivity index (χ4v) is 3.16. The number of hydrogen-bond donors (Lipinski definition) is 1. The summed E-state index contributed by atoms with van der Waals surface area (Å²) >= 11 is 0. The molecule has 0 fully saturated rings. The van der Waals surface area contributed by atoms with Crippen LogP contribution in [0.3, 0.4) is 0 Å². The molecule has 2 aromatic rings. The summed E-state index contributed by atoms with van der Waals surface area (Å²) in [5.41, 5.74) is 2.05. The average molecular weight is 381 g/mol. The van der Waals surface area contributed by atoms with Crippen molar-refractivity contribution < 1.29 is 31.5 Å². The number of halogens is 4. The van der Waals surface area contributed by atoms with Gasteiger partial charge in [0.15, 0.2) is 5.69 Å². The lowest BCUT2D eigenvalue weighted by atomic mass is 9.90. The third kappa shape index (κ3) is 4.10. The summed E-state index contributed by atoms with van der Waals surface area (Å²) in [5, 5.41) is 7.78. The maximum Gasteiger partial charge on any atom is 0.673 e. The van der Waals surface area contributed by atoms with Gasteiger partial charge in [-0.05, 0) is 30.7 Å². The van der Waals surface area contributed by atoms with Crippen LogP contribution in [0.25, 0.3) is 0 Å². The number of rotatable bonds is 1. The molecular weight excluding hydrogens is 365 g/mol. The van der Waals surface area contributed by atoms with Crippen molar-refractivity contribution in [3.05, 3.63) is 59.7 Å². The van der Waals surface area contributed by atoms with Gasteiger partial charge in [0.2, 0.25) is 0 Å². The molecule has 2 amide bonds. The topological polar surface area (TPSA) is 53.7 Å². The number of aryl methyl sites for hydroxylation is 1. The molecule has 2 aliphatic rings. The minimum absolute atomic E-state index is 0.206. The highest BCUT2D eigenvalue weighted by atomic mass is 19.5. The Labute approximate surface area is 152 Å². The molecule has 0 saturated heterocycles. The molecule has 1 atom stereocenters. The summed E-state index contributed by atoms with van der Waals surface area (Å²) in [6.45, 7) is 2.55.